The molecule has 2 aromatic rings. The van der Waals surface area contributed by atoms with Gasteiger partial charge in [-0.15, -0.1) is 0 Å². The Morgan fingerprint density at radius 2 is 1.71 bits per heavy atom. The lowest BCUT2D eigenvalue weighted by Gasteiger charge is -2.20. The van der Waals surface area contributed by atoms with Crippen LogP contribution >= 0.6 is 0 Å². The van der Waals surface area contributed by atoms with Crippen LogP contribution in [0.15, 0.2) is 36.5 Å². The van der Waals surface area contributed by atoms with Gasteiger partial charge in [0.25, 0.3) is 0 Å². The maximum atomic E-state index is 4.56. The Hall–Kier alpha value is -1.67. The number of hydrogen-bond donors (Lipinski definition) is 1. The molecule has 21 heavy (non-hydrogen) atoms. The zero-order valence-corrected chi connectivity index (χ0v) is 13.6. The van der Waals surface area contributed by atoms with Crippen molar-refractivity contribution in [3.63, 3.8) is 0 Å². The fourth-order valence-corrected chi connectivity index (χ4v) is 2.67. The molecule has 2 rings (SSSR count). The van der Waals surface area contributed by atoms with Gasteiger partial charge < -0.3 is 5.32 Å². The average molecular weight is 282 g/mol. The molecule has 0 amide bonds. The molecule has 1 unspecified atom stereocenters. The van der Waals surface area contributed by atoms with E-state index in [1.54, 1.807) is 0 Å². The van der Waals surface area contributed by atoms with Gasteiger partial charge in [-0.2, -0.15) is 0 Å². The van der Waals surface area contributed by atoms with Crippen molar-refractivity contribution in [2.45, 2.75) is 46.6 Å². The van der Waals surface area contributed by atoms with E-state index in [4.69, 9.17) is 0 Å². The monoisotopic (exact) mass is 282 g/mol. The second-order valence-electron chi connectivity index (χ2n) is 5.96. The Balaban J connectivity index is 2.22. The molecule has 0 aliphatic rings. The Bertz CT molecular complexity index is 552. The summed E-state index contributed by atoms with van der Waals surface area (Å²) < 4.78 is 0. The first-order valence-corrected chi connectivity index (χ1v) is 7.81. The summed E-state index contributed by atoms with van der Waals surface area (Å²) in [4.78, 5) is 4.56. The summed E-state index contributed by atoms with van der Waals surface area (Å²) in [6, 6.07) is 11.4. The van der Waals surface area contributed by atoms with Gasteiger partial charge in [0.15, 0.2) is 0 Å². The van der Waals surface area contributed by atoms with Crippen molar-refractivity contribution in [1.82, 2.24) is 10.3 Å². The highest BCUT2D eigenvalue weighted by atomic mass is 14.9. The Morgan fingerprint density at radius 3 is 2.29 bits per heavy atom. The smallest absolute Gasteiger partial charge is 0.0422 e. The topological polar surface area (TPSA) is 24.9 Å². The van der Waals surface area contributed by atoms with Gasteiger partial charge in [0.2, 0.25) is 0 Å². The van der Waals surface area contributed by atoms with Crippen molar-refractivity contribution in [3.8, 4) is 0 Å². The molecule has 0 saturated heterocycles. The van der Waals surface area contributed by atoms with Crippen molar-refractivity contribution >= 4 is 0 Å². The van der Waals surface area contributed by atoms with Crippen LogP contribution in [0.5, 0.6) is 0 Å². The van der Waals surface area contributed by atoms with Gasteiger partial charge in [0, 0.05) is 24.4 Å². The number of hydrogen-bond acceptors (Lipinski definition) is 2. The van der Waals surface area contributed by atoms with Crippen LogP contribution in [0.25, 0.3) is 0 Å². The first kappa shape index (κ1) is 15.7. The minimum absolute atomic E-state index is 0.332. The van der Waals surface area contributed by atoms with E-state index >= 15 is 0 Å². The zero-order valence-electron chi connectivity index (χ0n) is 13.6. The fourth-order valence-electron chi connectivity index (χ4n) is 2.67. The number of rotatable bonds is 6. The molecule has 0 bridgehead atoms. The largest absolute Gasteiger partial charge is 0.310 e. The van der Waals surface area contributed by atoms with Crippen LogP contribution in [-0.4, -0.2) is 11.5 Å². The normalized spacial score (nSPS) is 12.4. The summed E-state index contributed by atoms with van der Waals surface area (Å²) in [5.74, 6) is 0. The van der Waals surface area contributed by atoms with Crippen LogP contribution in [0, 0.1) is 20.8 Å². The minimum atomic E-state index is 0.332. The predicted molar refractivity (Wildman–Crippen MR) is 89.6 cm³/mol. The predicted octanol–water partition coefficient (Wildman–Crippen LogP) is 4.29. The maximum absolute atomic E-state index is 4.56. The van der Waals surface area contributed by atoms with E-state index in [0.717, 1.165) is 25.1 Å². The summed E-state index contributed by atoms with van der Waals surface area (Å²) in [5.41, 5.74) is 6.37. The van der Waals surface area contributed by atoms with Gasteiger partial charge in [-0.05, 0) is 50.9 Å². The number of aromatic nitrogens is 1. The second kappa shape index (κ2) is 7.37. The van der Waals surface area contributed by atoms with Crippen LogP contribution in [0.2, 0.25) is 0 Å². The van der Waals surface area contributed by atoms with E-state index in [9.17, 15) is 0 Å². The molecular formula is C19H26N2. The van der Waals surface area contributed by atoms with Gasteiger partial charge in [0.1, 0.15) is 0 Å². The molecule has 112 valence electrons. The van der Waals surface area contributed by atoms with Gasteiger partial charge in [-0.3, -0.25) is 4.98 Å². The molecule has 0 radical (unpaired) electrons. The van der Waals surface area contributed by atoms with E-state index in [1.807, 2.05) is 6.20 Å². The molecule has 0 spiro atoms. The third-order valence-electron chi connectivity index (χ3n) is 3.67. The number of nitrogens with zero attached hydrogens (tertiary/aromatic N) is 1. The van der Waals surface area contributed by atoms with Crippen molar-refractivity contribution in [2.75, 3.05) is 6.54 Å². The molecular weight excluding hydrogens is 256 g/mol. The quantitative estimate of drug-likeness (QED) is 0.855. The average Bonchev–Trinajstić information content (AvgIpc) is 2.44. The summed E-state index contributed by atoms with van der Waals surface area (Å²) in [6.45, 7) is 9.64. The molecule has 0 aliphatic carbocycles. The van der Waals surface area contributed by atoms with Crippen LogP contribution in [0.3, 0.4) is 0 Å². The van der Waals surface area contributed by atoms with Crippen LogP contribution < -0.4 is 5.32 Å². The van der Waals surface area contributed by atoms with Gasteiger partial charge >= 0.3 is 0 Å². The van der Waals surface area contributed by atoms with Crippen molar-refractivity contribution < 1.29 is 0 Å². The molecule has 1 heterocycles. The number of benzene rings is 1. The van der Waals surface area contributed by atoms with E-state index in [-0.39, 0.29) is 0 Å². The summed E-state index contributed by atoms with van der Waals surface area (Å²) in [5, 5.41) is 3.66. The summed E-state index contributed by atoms with van der Waals surface area (Å²) >= 11 is 0. The Morgan fingerprint density at radius 1 is 1.00 bits per heavy atom. The van der Waals surface area contributed by atoms with Gasteiger partial charge in [-0.25, -0.2) is 0 Å². The maximum Gasteiger partial charge on any atom is 0.0422 e. The molecule has 2 nitrogen and oxygen atoms in total. The lowest BCUT2D eigenvalue weighted by Crippen LogP contribution is -2.24. The first-order valence-electron chi connectivity index (χ1n) is 7.81. The standard InChI is InChI=1S/C19H26N2/c1-5-8-20-19(12-18-7-6-14(2)13-21-18)17-10-15(3)9-16(4)11-17/h6-7,9-11,13,19-20H,5,8,12H2,1-4H3. The molecule has 1 aromatic carbocycles. The van der Waals surface area contributed by atoms with E-state index in [0.29, 0.717) is 6.04 Å². The van der Waals surface area contributed by atoms with Gasteiger partial charge in [0.05, 0.1) is 0 Å². The highest BCUT2D eigenvalue weighted by Crippen LogP contribution is 2.20. The third-order valence-corrected chi connectivity index (χ3v) is 3.67. The number of aryl methyl sites for hydroxylation is 3. The van der Waals surface area contributed by atoms with Crippen LogP contribution in [0.4, 0.5) is 0 Å². The minimum Gasteiger partial charge on any atom is -0.310 e. The lowest BCUT2D eigenvalue weighted by atomic mass is 9.97. The summed E-state index contributed by atoms with van der Waals surface area (Å²) in [6.07, 6.45) is 4.03. The summed E-state index contributed by atoms with van der Waals surface area (Å²) in [7, 11) is 0. The number of pyridine rings is 1. The lowest BCUT2D eigenvalue weighted by molar-refractivity contribution is 0.524. The molecule has 0 aliphatic heterocycles. The molecule has 1 aromatic heterocycles. The molecule has 0 saturated carbocycles. The van der Waals surface area contributed by atoms with E-state index in [2.05, 4.69) is 68.3 Å². The SMILES string of the molecule is CCCNC(Cc1ccc(C)cn1)c1cc(C)cc(C)c1. The van der Waals surface area contributed by atoms with E-state index < -0.39 is 0 Å². The Labute approximate surface area is 128 Å². The second-order valence-corrected chi connectivity index (χ2v) is 5.96. The van der Waals surface area contributed by atoms with Crippen molar-refractivity contribution in [1.29, 1.82) is 0 Å². The fraction of sp³-hybridized carbons (Fsp3) is 0.421. The highest BCUT2D eigenvalue weighted by Gasteiger charge is 2.13. The van der Waals surface area contributed by atoms with Crippen molar-refractivity contribution in [2.24, 2.45) is 0 Å². The highest BCUT2D eigenvalue weighted by molar-refractivity contribution is 5.31. The van der Waals surface area contributed by atoms with Crippen LogP contribution in [0.1, 0.15) is 47.3 Å². The zero-order chi connectivity index (χ0) is 15.2. The Kier molecular flexibility index (Phi) is 5.51. The van der Waals surface area contributed by atoms with Crippen molar-refractivity contribution in [3.05, 3.63) is 64.5 Å². The van der Waals surface area contributed by atoms with E-state index in [1.165, 1.54) is 22.3 Å². The molecule has 1 atom stereocenters. The number of nitrogens with one attached hydrogen (secondary N) is 1. The molecule has 0 fully saturated rings. The van der Waals surface area contributed by atoms with Gasteiger partial charge in [-0.1, -0.05) is 42.3 Å². The first-order chi connectivity index (χ1) is 10.1. The third kappa shape index (κ3) is 4.68. The molecule has 2 heteroatoms. The van der Waals surface area contributed by atoms with Crippen LogP contribution in [-0.2, 0) is 6.42 Å². The molecule has 1 N–H and O–H groups in total.